The van der Waals surface area contributed by atoms with E-state index in [1.54, 1.807) is 12.1 Å². The lowest BCUT2D eigenvalue weighted by atomic mass is 10.2. The number of nitro groups is 1. The van der Waals surface area contributed by atoms with Crippen molar-refractivity contribution >= 4 is 17.2 Å². The molecule has 0 atom stereocenters. The van der Waals surface area contributed by atoms with Gasteiger partial charge in [-0.2, -0.15) is 5.10 Å². The van der Waals surface area contributed by atoms with Crippen LogP contribution in [0.25, 0.3) is 0 Å². The predicted octanol–water partition coefficient (Wildman–Crippen LogP) is 2.41. The zero-order valence-corrected chi connectivity index (χ0v) is 13.1. The molecule has 3 rings (SSSR count). The van der Waals surface area contributed by atoms with E-state index in [-0.39, 0.29) is 10.6 Å². The first kappa shape index (κ1) is 15.2. The van der Waals surface area contributed by atoms with Gasteiger partial charge in [-0.3, -0.25) is 10.1 Å². The van der Waals surface area contributed by atoms with Crippen molar-refractivity contribution in [3.8, 4) is 0 Å². The summed E-state index contributed by atoms with van der Waals surface area (Å²) in [5, 5.41) is 19.1. The predicted molar refractivity (Wildman–Crippen MR) is 88.9 cm³/mol. The minimum Gasteiger partial charge on any atom is -0.370 e. The van der Waals surface area contributed by atoms with E-state index in [1.165, 1.54) is 0 Å². The summed E-state index contributed by atoms with van der Waals surface area (Å²) in [7, 11) is 0. The molecule has 7 nitrogen and oxygen atoms in total. The standard InChI is InChI=1S/C16H19N5O2/c1-13-3-8-16(18-17-13)20-10-2-9-19(11-12-20)14-4-6-15(7-5-14)21(22)23/h3-8H,2,9-12H2,1H3. The topological polar surface area (TPSA) is 75.4 Å². The van der Waals surface area contributed by atoms with Crippen LogP contribution in [0.15, 0.2) is 36.4 Å². The van der Waals surface area contributed by atoms with Gasteiger partial charge in [0, 0.05) is 44.0 Å². The lowest BCUT2D eigenvalue weighted by Gasteiger charge is -2.23. The van der Waals surface area contributed by atoms with Crippen LogP contribution in [0.1, 0.15) is 12.1 Å². The molecular formula is C16H19N5O2. The Bertz CT molecular complexity index is 672. The minimum atomic E-state index is -0.371. The zero-order valence-electron chi connectivity index (χ0n) is 13.1. The Morgan fingerprint density at radius 2 is 1.65 bits per heavy atom. The molecule has 0 amide bonds. The molecule has 0 N–H and O–H groups in total. The maximum Gasteiger partial charge on any atom is 0.269 e. The highest BCUT2D eigenvalue weighted by molar-refractivity contribution is 5.51. The van der Waals surface area contributed by atoms with Crippen molar-refractivity contribution in [2.45, 2.75) is 13.3 Å². The van der Waals surface area contributed by atoms with Crippen LogP contribution in [0.4, 0.5) is 17.2 Å². The first-order chi connectivity index (χ1) is 11.1. The van der Waals surface area contributed by atoms with Crippen LogP contribution in [-0.2, 0) is 0 Å². The van der Waals surface area contributed by atoms with Gasteiger partial charge in [0.05, 0.1) is 10.6 Å². The van der Waals surface area contributed by atoms with Gasteiger partial charge in [-0.25, -0.2) is 0 Å². The molecule has 0 radical (unpaired) electrons. The fraction of sp³-hybridized carbons (Fsp3) is 0.375. The number of hydrogen-bond donors (Lipinski definition) is 0. The first-order valence-corrected chi connectivity index (χ1v) is 7.68. The van der Waals surface area contributed by atoms with Crippen molar-refractivity contribution in [3.63, 3.8) is 0 Å². The van der Waals surface area contributed by atoms with Gasteiger partial charge in [-0.05, 0) is 37.6 Å². The monoisotopic (exact) mass is 313 g/mol. The lowest BCUT2D eigenvalue weighted by molar-refractivity contribution is -0.384. The number of rotatable bonds is 3. The molecule has 7 heteroatoms. The zero-order chi connectivity index (χ0) is 16.2. The molecular weight excluding hydrogens is 294 g/mol. The van der Waals surface area contributed by atoms with E-state index in [4.69, 9.17) is 0 Å². The van der Waals surface area contributed by atoms with Crippen LogP contribution in [0.3, 0.4) is 0 Å². The third kappa shape index (κ3) is 3.56. The van der Waals surface area contributed by atoms with Gasteiger partial charge in [0.25, 0.3) is 5.69 Å². The number of aromatic nitrogens is 2. The summed E-state index contributed by atoms with van der Waals surface area (Å²) in [6, 6.07) is 10.7. The SMILES string of the molecule is Cc1ccc(N2CCCN(c3ccc([N+](=O)[O-])cc3)CC2)nn1. The maximum atomic E-state index is 10.7. The summed E-state index contributed by atoms with van der Waals surface area (Å²) in [6.45, 7) is 5.49. The highest BCUT2D eigenvalue weighted by Gasteiger charge is 2.17. The number of nitro benzene ring substituents is 1. The molecule has 1 saturated heterocycles. The molecule has 0 aliphatic carbocycles. The minimum absolute atomic E-state index is 0.125. The Labute approximate surface area is 134 Å². The second-order valence-electron chi connectivity index (χ2n) is 5.63. The average molecular weight is 313 g/mol. The molecule has 120 valence electrons. The van der Waals surface area contributed by atoms with Gasteiger partial charge in [0.1, 0.15) is 0 Å². The molecule has 0 unspecified atom stereocenters. The third-order valence-corrected chi connectivity index (χ3v) is 4.03. The number of non-ortho nitro benzene ring substituents is 1. The first-order valence-electron chi connectivity index (χ1n) is 7.68. The van der Waals surface area contributed by atoms with E-state index in [9.17, 15) is 10.1 Å². The summed E-state index contributed by atoms with van der Waals surface area (Å²) >= 11 is 0. The van der Waals surface area contributed by atoms with Crippen molar-refractivity contribution in [3.05, 3.63) is 52.2 Å². The fourth-order valence-corrected chi connectivity index (χ4v) is 2.75. The maximum absolute atomic E-state index is 10.7. The number of nitrogens with zero attached hydrogens (tertiary/aromatic N) is 5. The Balaban J connectivity index is 1.68. The molecule has 1 aliphatic heterocycles. The van der Waals surface area contributed by atoms with Crippen LogP contribution in [0, 0.1) is 17.0 Å². The second-order valence-corrected chi connectivity index (χ2v) is 5.63. The van der Waals surface area contributed by atoms with Gasteiger partial charge in [0.2, 0.25) is 0 Å². The van der Waals surface area contributed by atoms with Crippen molar-refractivity contribution in [2.75, 3.05) is 36.0 Å². The molecule has 2 aromatic rings. The van der Waals surface area contributed by atoms with Crippen molar-refractivity contribution in [1.29, 1.82) is 0 Å². The van der Waals surface area contributed by atoms with Gasteiger partial charge in [-0.15, -0.1) is 5.10 Å². The molecule has 1 fully saturated rings. The third-order valence-electron chi connectivity index (χ3n) is 4.03. The summed E-state index contributed by atoms with van der Waals surface area (Å²) in [6.07, 6.45) is 1.01. The van der Waals surface area contributed by atoms with Gasteiger partial charge in [0.15, 0.2) is 5.82 Å². The van der Waals surface area contributed by atoms with Crippen LogP contribution >= 0.6 is 0 Å². The molecule has 2 heterocycles. The molecule has 1 aromatic carbocycles. The Morgan fingerprint density at radius 3 is 2.30 bits per heavy atom. The van der Waals surface area contributed by atoms with E-state index in [0.717, 1.165) is 49.8 Å². The summed E-state index contributed by atoms with van der Waals surface area (Å²) in [4.78, 5) is 14.9. The summed E-state index contributed by atoms with van der Waals surface area (Å²) < 4.78 is 0. The summed E-state index contributed by atoms with van der Waals surface area (Å²) in [5.41, 5.74) is 2.06. The van der Waals surface area contributed by atoms with Crippen molar-refractivity contribution in [1.82, 2.24) is 10.2 Å². The summed E-state index contributed by atoms with van der Waals surface area (Å²) in [5.74, 6) is 0.904. The normalized spacial score (nSPS) is 15.3. The molecule has 0 bridgehead atoms. The molecule has 1 aromatic heterocycles. The smallest absolute Gasteiger partial charge is 0.269 e. The quantitative estimate of drug-likeness (QED) is 0.640. The molecule has 1 aliphatic rings. The van der Waals surface area contributed by atoms with Gasteiger partial charge in [-0.1, -0.05) is 0 Å². The van der Waals surface area contributed by atoms with Crippen molar-refractivity contribution in [2.24, 2.45) is 0 Å². The van der Waals surface area contributed by atoms with E-state index < -0.39 is 0 Å². The fourth-order valence-electron chi connectivity index (χ4n) is 2.75. The molecule has 0 saturated carbocycles. The molecule has 0 spiro atoms. The van der Waals surface area contributed by atoms with Gasteiger partial charge >= 0.3 is 0 Å². The van der Waals surface area contributed by atoms with Gasteiger partial charge < -0.3 is 9.80 Å². The number of aryl methyl sites for hydroxylation is 1. The number of hydrogen-bond acceptors (Lipinski definition) is 6. The Morgan fingerprint density at radius 1 is 0.957 bits per heavy atom. The lowest BCUT2D eigenvalue weighted by Crippen LogP contribution is -2.31. The highest BCUT2D eigenvalue weighted by Crippen LogP contribution is 2.21. The Kier molecular flexibility index (Phi) is 4.36. The van der Waals surface area contributed by atoms with E-state index in [2.05, 4.69) is 20.0 Å². The van der Waals surface area contributed by atoms with Crippen LogP contribution < -0.4 is 9.80 Å². The van der Waals surface area contributed by atoms with E-state index in [0.29, 0.717) is 0 Å². The molecule has 23 heavy (non-hydrogen) atoms. The number of benzene rings is 1. The Hall–Kier alpha value is -2.70. The number of anilines is 2. The van der Waals surface area contributed by atoms with E-state index in [1.807, 2.05) is 31.2 Å². The largest absolute Gasteiger partial charge is 0.370 e. The van der Waals surface area contributed by atoms with Crippen LogP contribution in [0.2, 0.25) is 0 Å². The highest BCUT2D eigenvalue weighted by atomic mass is 16.6. The van der Waals surface area contributed by atoms with Crippen LogP contribution in [0.5, 0.6) is 0 Å². The van der Waals surface area contributed by atoms with E-state index >= 15 is 0 Å². The van der Waals surface area contributed by atoms with Crippen molar-refractivity contribution < 1.29 is 4.92 Å². The average Bonchev–Trinajstić information content (AvgIpc) is 2.82. The van der Waals surface area contributed by atoms with Crippen LogP contribution in [-0.4, -0.2) is 41.3 Å². The second kappa shape index (κ2) is 6.60.